The van der Waals surface area contributed by atoms with E-state index in [4.69, 9.17) is 15.2 Å². The highest BCUT2D eigenvalue weighted by Gasteiger charge is 2.41. The molecule has 3 heterocycles. The van der Waals surface area contributed by atoms with E-state index >= 15 is 0 Å². The molecule has 2 unspecified atom stereocenters. The lowest BCUT2D eigenvalue weighted by molar-refractivity contribution is -0.159. The molecule has 2 atom stereocenters. The Labute approximate surface area is 112 Å². The van der Waals surface area contributed by atoms with Gasteiger partial charge in [0.15, 0.2) is 0 Å². The third-order valence-corrected chi connectivity index (χ3v) is 4.40. The van der Waals surface area contributed by atoms with Crippen molar-refractivity contribution in [2.75, 3.05) is 25.6 Å². The SMILES string of the molecule is Nc1[nH]ncc1C(O)C1CCOC2(CCOCC2)C1. The van der Waals surface area contributed by atoms with Crippen LogP contribution in [0.15, 0.2) is 6.20 Å². The van der Waals surface area contributed by atoms with Crippen LogP contribution in [-0.4, -0.2) is 40.7 Å². The molecule has 2 aliphatic rings. The van der Waals surface area contributed by atoms with E-state index in [-0.39, 0.29) is 11.5 Å². The van der Waals surface area contributed by atoms with Crippen molar-refractivity contribution in [3.63, 3.8) is 0 Å². The Morgan fingerprint density at radius 1 is 1.42 bits per heavy atom. The molecular formula is C13H21N3O3. The maximum atomic E-state index is 10.5. The van der Waals surface area contributed by atoms with Crippen LogP contribution in [0.4, 0.5) is 5.82 Å². The molecular weight excluding hydrogens is 246 g/mol. The van der Waals surface area contributed by atoms with Crippen LogP contribution in [-0.2, 0) is 9.47 Å². The highest BCUT2D eigenvalue weighted by molar-refractivity contribution is 5.38. The minimum Gasteiger partial charge on any atom is -0.388 e. The van der Waals surface area contributed by atoms with E-state index in [0.717, 1.165) is 38.9 Å². The van der Waals surface area contributed by atoms with Gasteiger partial charge in [-0.25, -0.2) is 0 Å². The third-order valence-electron chi connectivity index (χ3n) is 4.40. The Morgan fingerprint density at radius 3 is 2.89 bits per heavy atom. The van der Waals surface area contributed by atoms with Gasteiger partial charge in [0.2, 0.25) is 0 Å². The average molecular weight is 267 g/mol. The molecule has 1 aromatic heterocycles. The van der Waals surface area contributed by atoms with Crippen molar-refractivity contribution in [2.24, 2.45) is 5.92 Å². The van der Waals surface area contributed by atoms with Crippen molar-refractivity contribution in [2.45, 2.75) is 37.4 Å². The number of H-pyrrole nitrogens is 1. The molecule has 106 valence electrons. The molecule has 4 N–H and O–H groups in total. The Balaban J connectivity index is 1.72. The van der Waals surface area contributed by atoms with Gasteiger partial charge in [0.25, 0.3) is 0 Å². The number of ether oxygens (including phenoxy) is 2. The smallest absolute Gasteiger partial charge is 0.124 e. The lowest BCUT2D eigenvalue weighted by Crippen LogP contribution is -2.45. The van der Waals surface area contributed by atoms with Crippen LogP contribution < -0.4 is 5.73 Å². The van der Waals surface area contributed by atoms with Crippen LogP contribution in [0.1, 0.15) is 37.4 Å². The van der Waals surface area contributed by atoms with Crippen LogP contribution >= 0.6 is 0 Å². The van der Waals surface area contributed by atoms with Crippen molar-refractivity contribution in [3.8, 4) is 0 Å². The Kier molecular flexibility index (Phi) is 3.47. The second-order valence-electron chi connectivity index (χ2n) is 5.58. The van der Waals surface area contributed by atoms with Gasteiger partial charge >= 0.3 is 0 Å². The monoisotopic (exact) mass is 267 g/mol. The fraction of sp³-hybridized carbons (Fsp3) is 0.769. The number of aromatic nitrogens is 2. The molecule has 2 aliphatic heterocycles. The summed E-state index contributed by atoms with van der Waals surface area (Å²) in [6.07, 6.45) is 4.60. The molecule has 2 fully saturated rings. The number of aromatic amines is 1. The first-order valence-corrected chi connectivity index (χ1v) is 6.89. The van der Waals surface area contributed by atoms with Gasteiger partial charge in [-0.1, -0.05) is 0 Å². The molecule has 1 spiro atoms. The average Bonchev–Trinajstić information content (AvgIpc) is 2.85. The Morgan fingerprint density at radius 2 is 2.21 bits per heavy atom. The lowest BCUT2D eigenvalue weighted by Gasteiger charge is -2.44. The normalized spacial score (nSPS) is 28.4. The second-order valence-corrected chi connectivity index (χ2v) is 5.58. The van der Waals surface area contributed by atoms with Crippen LogP contribution in [0, 0.1) is 5.92 Å². The molecule has 0 saturated carbocycles. The van der Waals surface area contributed by atoms with Crippen LogP contribution in [0.3, 0.4) is 0 Å². The van der Waals surface area contributed by atoms with Crippen molar-refractivity contribution in [3.05, 3.63) is 11.8 Å². The zero-order chi connectivity index (χ0) is 13.3. The molecule has 0 aliphatic carbocycles. The van der Waals surface area contributed by atoms with E-state index in [1.165, 1.54) is 0 Å². The van der Waals surface area contributed by atoms with Crippen LogP contribution in [0.5, 0.6) is 0 Å². The summed E-state index contributed by atoms with van der Waals surface area (Å²) >= 11 is 0. The first-order chi connectivity index (χ1) is 9.20. The van der Waals surface area contributed by atoms with Gasteiger partial charge in [-0.2, -0.15) is 5.10 Å². The maximum Gasteiger partial charge on any atom is 0.124 e. The fourth-order valence-electron chi connectivity index (χ4n) is 3.22. The van der Waals surface area contributed by atoms with Crippen LogP contribution in [0.25, 0.3) is 0 Å². The number of aliphatic hydroxyl groups is 1. The Hall–Kier alpha value is -1.11. The van der Waals surface area contributed by atoms with Gasteiger partial charge in [0.1, 0.15) is 5.82 Å². The third kappa shape index (κ3) is 2.48. The quantitative estimate of drug-likeness (QED) is 0.743. The van der Waals surface area contributed by atoms with Gasteiger partial charge < -0.3 is 20.3 Å². The molecule has 3 rings (SSSR count). The number of nitrogen functional groups attached to an aromatic ring is 1. The first kappa shape index (κ1) is 12.9. The Bertz CT molecular complexity index is 423. The number of hydrogen-bond acceptors (Lipinski definition) is 5. The van der Waals surface area contributed by atoms with Crippen molar-refractivity contribution in [1.29, 1.82) is 0 Å². The number of rotatable bonds is 2. The van der Waals surface area contributed by atoms with E-state index in [0.29, 0.717) is 18.0 Å². The second kappa shape index (κ2) is 5.11. The first-order valence-electron chi connectivity index (χ1n) is 6.89. The van der Waals surface area contributed by atoms with E-state index in [1.807, 2.05) is 0 Å². The number of nitrogens with zero attached hydrogens (tertiary/aromatic N) is 1. The molecule has 2 saturated heterocycles. The van der Waals surface area contributed by atoms with Crippen molar-refractivity contribution < 1.29 is 14.6 Å². The summed E-state index contributed by atoms with van der Waals surface area (Å²) in [6, 6.07) is 0. The van der Waals surface area contributed by atoms with Gasteiger partial charge in [-0.15, -0.1) is 0 Å². The fourth-order valence-corrected chi connectivity index (χ4v) is 3.22. The highest BCUT2D eigenvalue weighted by atomic mass is 16.5. The highest BCUT2D eigenvalue weighted by Crippen LogP contribution is 2.42. The molecule has 0 aromatic carbocycles. The number of anilines is 1. The molecule has 6 heteroatoms. The number of hydrogen-bond donors (Lipinski definition) is 3. The lowest BCUT2D eigenvalue weighted by atomic mass is 9.77. The summed E-state index contributed by atoms with van der Waals surface area (Å²) in [5.41, 5.74) is 6.38. The van der Waals surface area contributed by atoms with Crippen molar-refractivity contribution in [1.82, 2.24) is 10.2 Å². The standard InChI is InChI=1S/C13H21N3O3/c14-12-10(8-15-16-12)11(17)9-1-4-19-13(7-9)2-5-18-6-3-13/h8-9,11,17H,1-7H2,(H3,14,15,16). The molecule has 0 bridgehead atoms. The van der Waals surface area contributed by atoms with Gasteiger partial charge in [0.05, 0.1) is 17.9 Å². The molecule has 0 radical (unpaired) electrons. The summed E-state index contributed by atoms with van der Waals surface area (Å²) in [5.74, 6) is 0.631. The topological polar surface area (TPSA) is 93.4 Å². The molecule has 1 aromatic rings. The summed E-state index contributed by atoms with van der Waals surface area (Å²) in [7, 11) is 0. The predicted molar refractivity (Wildman–Crippen MR) is 69.4 cm³/mol. The van der Waals surface area contributed by atoms with E-state index in [2.05, 4.69) is 10.2 Å². The van der Waals surface area contributed by atoms with Gasteiger partial charge in [-0.05, 0) is 31.6 Å². The van der Waals surface area contributed by atoms with Gasteiger partial charge in [-0.3, -0.25) is 5.10 Å². The number of nitrogens with two attached hydrogens (primary N) is 1. The largest absolute Gasteiger partial charge is 0.388 e. The van der Waals surface area contributed by atoms with E-state index < -0.39 is 6.10 Å². The molecule has 6 nitrogen and oxygen atoms in total. The molecule has 19 heavy (non-hydrogen) atoms. The summed E-state index contributed by atoms with van der Waals surface area (Å²) in [5, 5.41) is 17.1. The zero-order valence-electron chi connectivity index (χ0n) is 11.0. The molecule has 0 amide bonds. The summed E-state index contributed by atoms with van der Waals surface area (Å²) in [6.45, 7) is 2.19. The predicted octanol–water partition coefficient (Wildman–Crippen LogP) is 1.00. The van der Waals surface area contributed by atoms with Crippen LogP contribution in [0.2, 0.25) is 0 Å². The minimum atomic E-state index is -0.567. The van der Waals surface area contributed by atoms with E-state index in [9.17, 15) is 5.11 Å². The maximum absolute atomic E-state index is 10.5. The van der Waals surface area contributed by atoms with E-state index in [1.54, 1.807) is 6.20 Å². The summed E-state index contributed by atoms with van der Waals surface area (Å²) < 4.78 is 11.4. The minimum absolute atomic E-state index is 0.110. The van der Waals surface area contributed by atoms with Crippen molar-refractivity contribution >= 4 is 5.82 Å². The number of aliphatic hydroxyl groups excluding tert-OH is 1. The number of nitrogens with one attached hydrogen (secondary N) is 1. The zero-order valence-corrected chi connectivity index (χ0v) is 11.0. The van der Waals surface area contributed by atoms with Gasteiger partial charge in [0, 0.05) is 25.4 Å². The summed E-state index contributed by atoms with van der Waals surface area (Å²) in [4.78, 5) is 0.